The smallest absolute Gasteiger partial charge is 0 e. The second kappa shape index (κ2) is 12.3. The third-order valence-corrected chi connectivity index (χ3v) is 5.84. The van der Waals surface area contributed by atoms with Crippen LogP contribution in [0.15, 0.2) is 103 Å². The fourth-order valence-electron chi connectivity index (χ4n) is 2.36. The summed E-state index contributed by atoms with van der Waals surface area (Å²) in [7, 11) is -0.446. The van der Waals surface area contributed by atoms with Crippen LogP contribution in [-0.4, -0.2) is 0 Å². The van der Waals surface area contributed by atoms with Gasteiger partial charge in [0.05, 0.1) is 0 Å². The molecule has 0 saturated carbocycles. The van der Waals surface area contributed by atoms with Crippen LogP contribution in [0.3, 0.4) is 0 Å². The fourth-order valence-corrected chi connectivity index (χ4v) is 4.66. The molecule has 0 radical (unpaired) electrons. The molecule has 0 nitrogen and oxygen atoms in total. The number of allylic oxidation sites excluding steroid dienone is 1. The first-order valence-corrected chi connectivity index (χ1v) is 9.07. The third kappa shape index (κ3) is 6.35. The van der Waals surface area contributed by atoms with Gasteiger partial charge in [-0.15, -0.1) is 18.5 Å². The largest absolute Gasteiger partial charge is 0.282 e. The first-order chi connectivity index (χ1) is 11.9. The predicted molar refractivity (Wildman–Crippen MR) is 111 cm³/mol. The molecule has 0 N–H and O–H groups in total. The van der Waals surface area contributed by atoms with Crippen molar-refractivity contribution in [3.8, 4) is 11.8 Å². The van der Waals surface area contributed by atoms with Crippen molar-refractivity contribution >= 4 is 36.2 Å². The van der Waals surface area contributed by atoms with E-state index in [2.05, 4.69) is 115 Å². The van der Waals surface area contributed by atoms with E-state index in [1.54, 1.807) is 6.08 Å². The van der Waals surface area contributed by atoms with Crippen molar-refractivity contribution in [2.24, 2.45) is 0 Å². The van der Waals surface area contributed by atoms with Crippen molar-refractivity contribution < 1.29 is 16.5 Å². The first-order valence-electron chi connectivity index (χ1n) is 7.73. The van der Waals surface area contributed by atoms with Gasteiger partial charge in [-0.25, -0.2) is 5.92 Å². The zero-order valence-electron chi connectivity index (χ0n) is 13.9. The summed E-state index contributed by atoms with van der Waals surface area (Å²) in [6, 6.07) is 32.3. The van der Waals surface area contributed by atoms with Crippen molar-refractivity contribution in [2.45, 2.75) is 0 Å². The first kappa shape index (κ1) is 22.0. The van der Waals surface area contributed by atoms with Crippen molar-refractivity contribution in [1.29, 1.82) is 0 Å². The van der Waals surface area contributed by atoms with Crippen LogP contribution in [0.1, 0.15) is 0 Å². The molecule has 3 aromatic carbocycles. The molecule has 0 unspecified atom stereocenters. The van der Waals surface area contributed by atoms with E-state index in [9.17, 15) is 0 Å². The van der Waals surface area contributed by atoms with E-state index in [-0.39, 0.29) is 28.9 Å². The monoisotopic (exact) mass is 417 g/mol. The average Bonchev–Trinajstić information content (AvgIpc) is 3.25. The summed E-state index contributed by atoms with van der Waals surface area (Å²) in [5, 5.41) is 4.19. The topological polar surface area (TPSA) is 0 Å². The van der Waals surface area contributed by atoms with E-state index in [4.69, 9.17) is 0 Å². The van der Waals surface area contributed by atoms with E-state index in [1.807, 2.05) is 0 Å². The molecular formula is C23H17ClNiP-. The van der Waals surface area contributed by atoms with Crippen LogP contribution < -0.4 is 15.9 Å². The molecular weight excluding hydrogens is 401 g/mol. The van der Waals surface area contributed by atoms with Gasteiger partial charge in [0.1, 0.15) is 0 Å². The normalized spacial score (nSPS) is 9.88. The van der Waals surface area contributed by atoms with Gasteiger partial charge in [-0.1, -0.05) is 97.1 Å². The Balaban J connectivity index is 0.000000421. The molecule has 26 heavy (non-hydrogen) atoms. The van der Waals surface area contributed by atoms with Gasteiger partial charge in [0.25, 0.3) is 0 Å². The molecule has 3 aromatic rings. The summed E-state index contributed by atoms with van der Waals surface area (Å²) in [5.41, 5.74) is 2.62. The number of rotatable bonds is 3. The molecule has 0 heterocycles. The van der Waals surface area contributed by atoms with Gasteiger partial charge in [-0.05, 0) is 23.8 Å². The number of hydrogen-bond acceptors (Lipinski definition) is 0. The Hall–Kier alpha value is -2.05. The molecule has 0 aromatic heterocycles. The average molecular weight is 419 g/mol. The third-order valence-electron chi connectivity index (χ3n) is 3.39. The zero-order valence-corrected chi connectivity index (χ0v) is 16.6. The van der Waals surface area contributed by atoms with Crippen molar-refractivity contribution in [3.63, 3.8) is 0 Å². The summed E-state index contributed by atoms with van der Waals surface area (Å²) in [5.74, 6) is 5.18. The maximum atomic E-state index is 2.62. The van der Waals surface area contributed by atoms with Crippen LogP contribution in [0.25, 0.3) is 0 Å². The van der Waals surface area contributed by atoms with Gasteiger partial charge in [0.15, 0.2) is 0 Å². The maximum absolute atomic E-state index is 2.62. The van der Waals surface area contributed by atoms with Crippen LogP contribution in [0.5, 0.6) is 0 Å². The van der Waals surface area contributed by atoms with E-state index < -0.39 is 7.92 Å². The summed E-state index contributed by atoms with van der Waals surface area (Å²) in [4.78, 5) is 0. The van der Waals surface area contributed by atoms with Gasteiger partial charge in [0.2, 0.25) is 0 Å². The Kier molecular flexibility index (Phi) is 10.4. The molecule has 3 heteroatoms. The van der Waals surface area contributed by atoms with Gasteiger partial charge in [-0.2, -0.15) is 0 Å². The van der Waals surface area contributed by atoms with Crippen molar-refractivity contribution in [2.75, 3.05) is 0 Å². The SMILES string of the molecule is C1=[C-]C#CC=1.Cl.[Ni].c1ccc(P(c2ccccc2)c2ccccc2)cc1. The minimum absolute atomic E-state index is 0. The summed E-state index contributed by atoms with van der Waals surface area (Å²) in [6.07, 6.45) is 4.19. The van der Waals surface area contributed by atoms with Crippen molar-refractivity contribution in [3.05, 3.63) is 109 Å². The molecule has 0 aliphatic heterocycles. The minimum Gasteiger partial charge on any atom is -0.282 e. The van der Waals surface area contributed by atoms with Crippen molar-refractivity contribution in [1.82, 2.24) is 0 Å². The number of hydrogen-bond donors (Lipinski definition) is 0. The molecule has 132 valence electrons. The summed E-state index contributed by atoms with van der Waals surface area (Å²) >= 11 is 0. The number of halogens is 1. The van der Waals surface area contributed by atoms with Gasteiger partial charge >= 0.3 is 0 Å². The second-order valence-corrected chi connectivity index (χ2v) is 7.25. The van der Waals surface area contributed by atoms with Gasteiger partial charge in [0, 0.05) is 16.5 Å². The summed E-state index contributed by atoms with van der Waals surface area (Å²) in [6.45, 7) is 0. The predicted octanol–water partition coefficient (Wildman–Crippen LogP) is 4.38. The Morgan fingerprint density at radius 3 is 1.23 bits per heavy atom. The fraction of sp³-hybridized carbons (Fsp3) is 0. The molecule has 0 bridgehead atoms. The molecule has 4 rings (SSSR count). The second-order valence-electron chi connectivity index (χ2n) is 5.03. The van der Waals surface area contributed by atoms with Gasteiger partial charge in [-0.3, -0.25) is 11.7 Å². The maximum Gasteiger partial charge on any atom is 0 e. The molecule has 0 saturated heterocycles. The standard InChI is InChI=1S/C18H15P.C5H.ClH.Ni/c1-4-10-16(11-5-1)19(17-12-6-2-7-13-17)18-14-8-3-9-15-18;1-2-4-5-3-1;;/h1-15H;1H;1H;/q;-1;;. The number of benzene rings is 3. The zero-order chi connectivity index (χ0) is 16.5. The molecule has 0 atom stereocenters. The van der Waals surface area contributed by atoms with E-state index >= 15 is 0 Å². The quantitative estimate of drug-likeness (QED) is 0.195. The van der Waals surface area contributed by atoms with Crippen LogP contribution in [0.2, 0.25) is 0 Å². The molecule has 1 aliphatic carbocycles. The van der Waals surface area contributed by atoms with Gasteiger partial charge < -0.3 is 0 Å². The van der Waals surface area contributed by atoms with Crippen LogP contribution in [0.4, 0.5) is 0 Å². The van der Waals surface area contributed by atoms with Crippen LogP contribution >= 0.6 is 20.3 Å². The van der Waals surface area contributed by atoms with Crippen LogP contribution in [-0.2, 0) is 16.5 Å². The molecule has 1 aliphatic rings. The Morgan fingerprint density at radius 1 is 0.615 bits per heavy atom. The van der Waals surface area contributed by atoms with E-state index in [1.165, 1.54) is 15.9 Å². The summed E-state index contributed by atoms with van der Waals surface area (Å²) < 4.78 is 0. The molecule has 0 fully saturated rings. The minimum atomic E-state index is -0.446. The Bertz CT molecular complexity index is 785. The molecule has 0 spiro atoms. The van der Waals surface area contributed by atoms with E-state index in [0.717, 1.165) is 0 Å². The molecule has 0 amide bonds. The Morgan fingerprint density at radius 2 is 1.00 bits per heavy atom. The van der Waals surface area contributed by atoms with Crippen LogP contribution in [0, 0.1) is 17.9 Å². The Labute approximate surface area is 173 Å². The van der Waals surface area contributed by atoms with E-state index in [0.29, 0.717) is 0 Å².